The summed E-state index contributed by atoms with van der Waals surface area (Å²) in [6.45, 7) is 6.95. The summed E-state index contributed by atoms with van der Waals surface area (Å²) in [4.78, 5) is 31.7. The van der Waals surface area contributed by atoms with Crippen LogP contribution in [0.5, 0.6) is 0 Å². The molecule has 1 aromatic carbocycles. The lowest BCUT2D eigenvalue weighted by atomic mass is 9.87. The van der Waals surface area contributed by atoms with Crippen LogP contribution in [-0.2, 0) is 14.7 Å². The van der Waals surface area contributed by atoms with Gasteiger partial charge in [-0.2, -0.15) is 11.8 Å². The van der Waals surface area contributed by atoms with Gasteiger partial charge in [0, 0.05) is 23.9 Å². The van der Waals surface area contributed by atoms with Crippen molar-refractivity contribution in [3.8, 4) is 0 Å². The average molecular weight is 399 g/mol. The van der Waals surface area contributed by atoms with Crippen LogP contribution in [0.2, 0.25) is 0 Å². The van der Waals surface area contributed by atoms with E-state index in [1.807, 2.05) is 16.7 Å². The molecule has 0 aromatic heterocycles. The zero-order chi connectivity index (χ0) is 19.2. The second kappa shape index (κ2) is 10.0. The van der Waals surface area contributed by atoms with Crippen molar-refractivity contribution >= 4 is 32.0 Å². The van der Waals surface area contributed by atoms with Crippen LogP contribution in [0.25, 0.3) is 0 Å². The largest absolute Gasteiger partial charge is 0.328 e. The van der Waals surface area contributed by atoms with Gasteiger partial charge in [-0.1, -0.05) is 32.9 Å². The Morgan fingerprint density at radius 1 is 1.23 bits per heavy atom. The van der Waals surface area contributed by atoms with Gasteiger partial charge in [0.15, 0.2) is 0 Å². The van der Waals surface area contributed by atoms with E-state index < -0.39 is 8.60 Å². The van der Waals surface area contributed by atoms with Crippen molar-refractivity contribution in [3.63, 3.8) is 0 Å². The van der Waals surface area contributed by atoms with Gasteiger partial charge in [-0.25, -0.2) is 0 Å². The van der Waals surface area contributed by atoms with Crippen LogP contribution in [-0.4, -0.2) is 39.8 Å². The van der Waals surface area contributed by atoms with Crippen molar-refractivity contribution in [2.45, 2.75) is 57.9 Å². The molecule has 0 bridgehead atoms. The van der Waals surface area contributed by atoms with Crippen LogP contribution >= 0.6 is 20.4 Å². The minimum atomic E-state index is -2.23. The summed E-state index contributed by atoms with van der Waals surface area (Å²) >= 11 is 1.85. The summed E-state index contributed by atoms with van der Waals surface area (Å²) < 4.78 is 4.76. The van der Waals surface area contributed by atoms with E-state index in [1.165, 1.54) is 5.56 Å². The van der Waals surface area contributed by atoms with E-state index in [9.17, 15) is 4.79 Å². The molecule has 2 N–H and O–H groups in total. The molecule has 146 valence electrons. The van der Waals surface area contributed by atoms with Gasteiger partial charge < -0.3 is 19.2 Å². The lowest BCUT2D eigenvalue weighted by molar-refractivity contribution is -0.117. The number of carbonyl (C=O) groups is 1. The van der Waals surface area contributed by atoms with Gasteiger partial charge in [-0.3, -0.25) is 4.79 Å². The third kappa shape index (κ3) is 6.50. The predicted octanol–water partition coefficient (Wildman–Crippen LogP) is 4.22. The van der Waals surface area contributed by atoms with E-state index >= 15 is 0 Å². The van der Waals surface area contributed by atoms with Gasteiger partial charge in [0.2, 0.25) is 5.91 Å². The van der Waals surface area contributed by atoms with Crippen molar-refractivity contribution in [3.05, 3.63) is 29.8 Å². The number of hydrogen-bond acceptors (Lipinski definition) is 5. The Morgan fingerprint density at radius 3 is 2.54 bits per heavy atom. The Kier molecular flexibility index (Phi) is 8.37. The molecule has 1 heterocycles. The first-order valence-electron chi connectivity index (χ1n) is 9.10. The summed E-state index contributed by atoms with van der Waals surface area (Å²) in [5.41, 5.74) is 2.38. The smallest absolute Gasteiger partial charge is 0.327 e. The number of anilines is 1. The molecule has 1 atom stereocenters. The third-order valence-corrected chi connectivity index (χ3v) is 6.15. The van der Waals surface area contributed by atoms with Crippen molar-refractivity contribution in [1.29, 1.82) is 0 Å². The topological polar surface area (TPSA) is 70.0 Å². The number of thioether (sulfide) groups is 1. The minimum absolute atomic E-state index is 0.111. The highest BCUT2D eigenvalue weighted by molar-refractivity contribution is 7.99. The van der Waals surface area contributed by atoms with Crippen LogP contribution < -0.4 is 4.90 Å². The quantitative estimate of drug-likeness (QED) is 0.481. The molecule has 7 heteroatoms. The summed E-state index contributed by atoms with van der Waals surface area (Å²) in [6.07, 6.45) is 3.31. The first kappa shape index (κ1) is 21.6. The molecule has 5 nitrogen and oxygen atoms in total. The molecule has 1 fully saturated rings. The number of unbranched alkanes of at least 4 members (excludes halogenated alkanes) is 1. The zero-order valence-corrected chi connectivity index (χ0v) is 17.6. The summed E-state index contributed by atoms with van der Waals surface area (Å²) in [6, 6.07) is 8.65. The van der Waals surface area contributed by atoms with Crippen molar-refractivity contribution in [1.82, 2.24) is 0 Å². The molecule has 0 spiro atoms. The average Bonchev–Trinajstić information content (AvgIpc) is 2.93. The van der Waals surface area contributed by atoms with E-state index in [0.717, 1.165) is 36.5 Å². The Labute approximate surface area is 162 Å². The SMILES string of the molecule is CC(C)(C)c1ccc(N2C(=O)CC[C@H]2CSCCCCOP(O)O)cc1. The molecule has 0 radical (unpaired) electrons. The molecule has 0 saturated carbocycles. The Morgan fingerprint density at radius 2 is 1.92 bits per heavy atom. The molecule has 0 unspecified atom stereocenters. The van der Waals surface area contributed by atoms with Crippen LogP contribution in [0.3, 0.4) is 0 Å². The Hall–Kier alpha value is -0.650. The molecule has 26 heavy (non-hydrogen) atoms. The number of amides is 1. The molecule has 2 rings (SSSR count). The second-order valence-electron chi connectivity index (χ2n) is 7.62. The molecule has 1 saturated heterocycles. The van der Waals surface area contributed by atoms with Crippen molar-refractivity contribution in [2.24, 2.45) is 0 Å². The molecule has 1 amide bonds. The number of carbonyl (C=O) groups excluding carboxylic acids is 1. The molecule has 0 aliphatic carbocycles. The van der Waals surface area contributed by atoms with Crippen LogP contribution in [0.1, 0.15) is 52.0 Å². The maximum atomic E-state index is 12.4. The standard InChI is InChI=1S/C19H30NO4PS/c1-19(2,3)15-6-8-16(9-7-15)20-17(10-11-18(20)21)14-26-13-5-4-12-24-25(22)23/h6-9,17,22-23H,4-5,10-14H2,1-3H3/t17-/m0/s1. The van der Waals surface area contributed by atoms with Gasteiger partial charge in [-0.05, 0) is 48.1 Å². The lowest BCUT2D eigenvalue weighted by Crippen LogP contribution is -2.34. The zero-order valence-electron chi connectivity index (χ0n) is 15.9. The fourth-order valence-electron chi connectivity index (χ4n) is 3.05. The first-order valence-corrected chi connectivity index (χ1v) is 11.4. The summed E-state index contributed by atoms with van der Waals surface area (Å²) in [5, 5.41) is 0. The number of benzene rings is 1. The molecule has 1 aliphatic rings. The van der Waals surface area contributed by atoms with E-state index in [0.29, 0.717) is 13.0 Å². The van der Waals surface area contributed by atoms with Gasteiger partial charge in [0.05, 0.1) is 6.61 Å². The number of hydrogen-bond donors (Lipinski definition) is 2. The van der Waals surface area contributed by atoms with Gasteiger partial charge in [0.25, 0.3) is 0 Å². The van der Waals surface area contributed by atoms with Crippen LogP contribution in [0, 0.1) is 0 Å². The first-order chi connectivity index (χ1) is 12.3. The van der Waals surface area contributed by atoms with Crippen LogP contribution in [0.15, 0.2) is 24.3 Å². The summed E-state index contributed by atoms with van der Waals surface area (Å²) in [7, 11) is -2.23. The monoisotopic (exact) mass is 399 g/mol. The molecule has 1 aromatic rings. The third-order valence-electron chi connectivity index (χ3n) is 4.54. The number of rotatable bonds is 9. The van der Waals surface area contributed by atoms with E-state index in [4.69, 9.17) is 14.3 Å². The molecule has 1 aliphatic heterocycles. The summed E-state index contributed by atoms with van der Waals surface area (Å²) in [5.74, 6) is 2.13. The molecular weight excluding hydrogens is 369 g/mol. The van der Waals surface area contributed by atoms with Crippen LogP contribution in [0.4, 0.5) is 5.69 Å². The van der Waals surface area contributed by atoms with Crippen molar-refractivity contribution in [2.75, 3.05) is 23.0 Å². The lowest BCUT2D eigenvalue weighted by Gasteiger charge is -2.26. The normalized spacial score (nSPS) is 18.2. The van der Waals surface area contributed by atoms with Crippen molar-refractivity contribution < 1.29 is 19.1 Å². The maximum absolute atomic E-state index is 12.4. The molecular formula is C19H30NO4PS. The second-order valence-corrected chi connectivity index (χ2v) is 9.53. The van der Waals surface area contributed by atoms with Gasteiger partial charge in [0.1, 0.15) is 0 Å². The highest BCUT2D eigenvalue weighted by Gasteiger charge is 2.32. The fraction of sp³-hybridized carbons (Fsp3) is 0.632. The Bertz CT molecular complexity index is 574. The number of nitrogens with zero attached hydrogens (tertiary/aromatic N) is 1. The van der Waals surface area contributed by atoms with Gasteiger partial charge in [-0.15, -0.1) is 0 Å². The van der Waals surface area contributed by atoms with E-state index in [1.54, 1.807) is 0 Å². The van der Waals surface area contributed by atoms with E-state index in [-0.39, 0.29) is 17.4 Å². The minimum Gasteiger partial charge on any atom is -0.328 e. The highest BCUT2D eigenvalue weighted by atomic mass is 32.2. The van der Waals surface area contributed by atoms with E-state index in [2.05, 4.69) is 45.0 Å². The predicted molar refractivity (Wildman–Crippen MR) is 110 cm³/mol. The Balaban J connectivity index is 1.83. The highest BCUT2D eigenvalue weighted by Crippen LogP contribution is 2.31. The van der Waals surface area contributed by atoms with Gasteiger partial charge >= 0.3 is 8.60 Å². The maximum Gasteiger partial charge on any atom is 0.327 e. The fourth-order valence-corrected chi connectivity index (χ4v) is 4.50.